The van der Waals surface area contributed by atoms with Crippen molar-refractivity contribution in [3.8, 4) is 0 Å². The number of guanidine groups is 1. The number of nitrogens with zero attached hydrogens (tertiary/aromatic N) is 1. The second kappa shape index (κ2) is 6.67. The minimum Gasteiger partial charge on any atom is -0.356 e. The third kappa shape index (κ3) is 3.42. The smallest absolute Gasteiger partial charge is 0.191 e. The van der Waals surface area contributed by atoms with Crippen LogP contribution in [0, 0.1) is 5.82 Å². The van der Waals surface area contributed by atoms with E-state index in [0.717, 1.165) is 30.9 Å². The molecule has 3 nitrogen and oxygen atoms in total. The van der Waals surface area contributed by atoms with Crippen LogP contribution in [-0.2, 0) is 5.41 Å². The molecule has 2 N–H and O–H groups in total. The minimum absolute atomic E-state index is 0.0461. The molecule has 2 aliphatic carbocycles. The van der Waals surface area contributed by atoms with E-state index in [1.807, 2.05) is 12.1 Å². The lowest BCUT2D eigenvalue weighted by molar-refractivity contribution is 0.409. The quantitative estimate of drug-likeness (QED) is 0.661. The summed E-state index contributed by atoms with van der Waals surface area (Å²) in [6, 6.07) is 7.69. The number of rotatable bonds is 4. The van der Waals surface area contributed by atoms with Crippen LogP contribution in [0.15, 0.2) is 29.3 Å². The average molecular weight is 303 g/mol. The molecule has 2 aliphatic rings. The van der Waals surface area contributed by atoms with Crippen LogP contribution in [0.1, 0.15) is 50.5 Å². The fraction of sp³-hybridized carbons (Fsp3) is 0.611. The number of hydrogen-bond acceptors (Lipinski definition) is 1. The van der Waals surface area contributed by atoms with E-state index in [1.54, 1.807) is 19.2 Å². The predicted molar refractivity (Wildman–Crippen MR) is 88.7 cm³/mol. The van der Waals surface area contributed by atoms with E-state index in [2.05, 4.69) is 15.6 Å². The minimum atomic E-state index is -0.0861. The second-order valence-electron chi connectivity index (χ2n) is 6.67. The lowest BCUT2D eigenvalue weighted by atomic mass is 9.95. The number of nitrogens with one attached hydrogen (secondary N) is 2. The van der Waals surface area contributed by atoms with Crippen LogP contribution in [0.25, 0.3) is 0 Å². The fourth-order valence-electron chi connectivity index (χ4n) is 3.47. The fourth-order valence-corrected chi connectivity index (χ4v) is 3.47. The highest BCUT2D eigenvalue weighted by Crippen LogP contribution is 2.48. The molecule has 1 aromatic carbocycles. The van der Waals surface area contributed by atoms with Gasteiger partial charge in [-0.05, 0) is 37.3 Å². The van der Waals surface area contributed by atoms with Crippen molar-refractivity contribution in [1.82, 2.24) is 10.6 Å². The van der Waals surface area contributed by atoms with Gasteiger partial charge in [0.25, 0.3) is 0 Å². The van der Waals surface area contributed by atoms with Crippen LogP contribution in [0.4, 0.5) is 4.39 Å². The zero-order valence-electron chi connectivity index (χ0n) is 13.4. The van der Waals surface area contributed by atoms with Gasteiger partial charge in [0.1, 0.15) is 5.82 Å². The summed E-state index contributed by atoms with van der Waals surface area (Å²) in [6.45, 7) is 0.750. The van der Waals surface area contributed by atoms with E-state index in [-0.39, 0.29) is 11.2 Å². The molecule has 120 valence electrons. The molecule has 0 bridgehead atoms. The Balaban J connectivity index is 1.58. The summed E-state index contributed by atoms with van der Waals surface area (Å²) in [5.74, 6) is 0.770. The van der Waals surface area contributed by atoms with Crippen molar-refractivity contribution in [2.45, 2.75) is 56.4 Å². The van der Waals surface area contributed by atoms with Gasteiger partial charge in [-0.15, -0.1) is 0 Å². The molecule has 0 saturated heterocycles. The molecule has 22 heavy (non-hydrogen) atoms. The van der Waals surface area contributed by atoms with E-state index < -0.39 is 0 Å². The van der Waals surface area contributed by atoms with E-state index >= 15 is 0 Å². The van der Waals surface area contributed by atoms with E-state index in [1.165, 1.54) is 32.1 Å². The monoisotopic (exact) mass is 303 g/mol. The van der Waals surface area contributed by atoms with E-state index in [4.69, 9.17) is 0 Å². The molecule has 0 aromatic heterocycles. The molecule has 0 heterocycles. The Hall–Kier alpha value is -1.58. The van der Waals surface area contributed by atoms with Crippen molar-refractivity contribution in [3.05, 3.63) is 35.6 Å². The molecule has 0 unspecified atom stereocenters. The van der Waals surface area contributed by atoms with Gasteiger partial charge in [-0.25, -0.2) is 4.39 Å². The molecular weight excluding hydrogens is 277 g/mol. The van der Waals surface area contributed by atoms with Gasteiger partial charge in [-0.3, -0.25) is 4.99 Å². The summed E-state index contributed by atoms with van der Waals surface area (Å²) in [7, 11) is 1.81. The molecule has 2 fully saturated rings. The first-order valence-corrected chi connectivity index (χ1v) is 8.46. The summed E-state index contributed by atoms with van der Waals surface area (Å²) in [4.78, 5) is 4.33. The Bertz CT molecular complexity index is 531. The standard InChI is InChI=1S/C18H26FN3/c1-20-17(22-14-7-3-2-4-8-14)21-13-18(11-12-18)15-9-5-6-10-16(15)19/h5-6,9-10,14H,2-4,7-8,11-13H2,1H3,(H2,20,21,22). The maximum Gasteiger partial charge on any atom is 0.191 e. The van der Waals surface area contributed by atoms with Gasteiger partial charge in [0.2, 0.25) is 0 Å². The molecule has 4 heteroatoms. The van der Waals surface area contributed by atoms with E-state index in [9.17, 15) is 4.39 Å². The molecule has 0 radical (unpaired) electrons. The summed E-state index contributed by atoms with van der Waals surface area (Å²) in [5, 5.41) is 6.93. The summed E-state index contributed by atoms with van der Waals surface area (Å²) >= 11 is 0. The van der Waals surface area contributed by atoms with Crippen LogP contribution in [-0.4, -0.2) is 25.6 Å². The zero-order chi connectivity index (χ0) is 15.4. The highest BCUT2D eigenvalue weighted by Gasteiger charge is 2.45. The first-order valence-electron chi connectivity index (χ1n) is 8.46. The molecular formula is C18H26FN3. The zero-order valence-corrected chi connectivity index (χ0v) is 13.4. The van der Waals surface area contributed by atoms with Gasteiger partial charge < -0.3 is 10.6 Å². The molecule has 0 amide bonds. The molecule has 0 spiro atoms. The number of benzene rings is 1. The Labute approximate surface area is 132 Å². The van der Waals surface area contributed by atoms with Crippen LogP contribution in [0.2, 0.25) is 0 Å². The van der Waals surface area contributed by atoms with Gasteiger partial charge >= 0.3 is 0 Å². The SMILES string of the molecule is CN=C(NCC1(c2ccccc2F)CC1)NC1CCCCC1. The third-order valence-corrected chi connectivity index (χ3v) is 5.06. The maximum atomic E-state index is 14.0. The van der Waals surface area contributed by atoms with Crippen molar-refractivity contribution in [1.29, 1.82) is 0 Å². The maximum absolute atomic E-state index is 14.0. The highest BCUT2D eigenvalue weighted by atomic mass is 19.1. The Morgan fingerprint density at radius 3 is 2.59 bits per heavy atom. The third-order valence-electron chi connectivity index (χ3n) is 5.06. The average Bonchev–Trinajstić information content (AvgIpc) is 3.34. The lowest BCUT2D eigenvalue weighted by Crippen LogP contribution is -2.46. The van der Waals surface area contributed by atoms with Crippen LogP contribution in [0.5, 0.6) is 0 Å². The van der Waals surface area contributed by atoms with Gasteiger partial charge in [0.05, 0.1) is 0 Å². The number of hydrogen-bond donors (Lipinski definition) is 2. The van der Waals surface area contributed by atoms with Gasteiger partial charge in [0.15, 0.2) is 5.96 Å². The first-order chi connectivity index (χ1) is 10.7. The number of halogens is 1. The Kier molecular flexibility index (Phi) is 4.65. The molecule has 1 aromatic rings. The van der Waals surface area contributed by atoms with Crippen molar-refractivity contribution < 1.29 is 4.39 Å². The van der Waals surface area contributed by atoms with Crippen molar-refractivity contribution in [2.24, 2.45) is 4.99 Å². The normalized spacial score (nSPS) is 21.5. The Morgan fingerprint density at radius 2 is 1.95 bits per heavy atom. The highest BCUT2D eigenvalue weighted by molar-refractivity contribution is 5.80. The molecule has 0 atom stereocenters. The summed E-state index contributed by atoms with van der Waals surface area (Å²) in [6.07, 6.45) is 8.48. The van der Waals surface area contributed by atoms with Crippen molar-refractivity contribution in [3.63, 3.8) is 0 Å². The topological polar surface area (TPSA) is 36.4 Å². The summed E-state index contributed by atoms with van der Waals surface area (Å²) < 4.78 is 14.0. The molecule has 2 saturated carbocycles. The predicted octanol–water partition coefficient (Wildman–Crippen LogP) is 3.36. The largest absolute Gasteiger partial charge is 0.356 e. The summed E-state index contributed by atoms with van der Waals surface area (Å²) in [5.41, 5.74) is 0.797. The van der Waals surface area contributed by atoms with Crippen molar-refractivity contribution in [2.75, 3.05) is 13.6 Å². The molecule has 0 aliphatic heterocycles. The van der Waals surface area contributed by atoms with Crippen LogP contribution in [0.3, 0.4) is 0 Å². The van der Waals surface area contributed by atoms with E-state index in [0.29, 0.717) is 6.04 Å². The second-order valence-corrected chi connectivity index (χ2v) is 6.67. The van der Waals surface area contributed by atoms with Gasteiger partial charge in [0, 0.05) is 25.0 Å². The molecule has 3 rings (SSSR count). The Morgan fingerprint density at radius 1 is 1.23 bits per heavy atom. The first kappa shape index (κ1) is 15.3. The lowest BCUT2D eigenvalue weighted by Gasteiger charge is -2.26. The van der Waals surface area contributed by atoms with Crippen LogP contribution >= 0.6 is 0 Å². The number of aliphatic imine (C=N–C) groups is 1. The van der Waals surface area contributed by atoms with Gasteiger partial charge in [-0.2, -0.15) is 0 Å². The van der Waals surface area contributed by atoms with Crippen LogP contribution < -0.4 is 10.6 Å². The van der Waals surface area contributed by atoms with Crippen molar-refractivity contribution >= 4 is 5.96 Å². The van der Waals surface area contributed by atoms with Gasteiger partial charge in [-0.1, -0.05) is 37.5 Å².